The van der Waals surface area contributed by atoms with Gasteiger partial charge in [-0.15, -0.1) is 10.2 Å². The van der Waals surface area contributed by atoms with Crippen molar-refractivity contribution in [2.24, 2.45) is 0 Å². The summed E-state index contributed by atoms with van der Waals surface area (Å²) in [4.78, 5) is 16.6. The summed E-state index contributed by atoms with van der Waals surface area (Å²) in [6, 6.07) is 15.7. The second kappa shape index (κ2) is 10.4. The van der Waals surface area contributed by atoms with Crippen molar-refractivity contribution in [3.8, 4) is 11.4 Å². The van der Waals surface area contributed by atoms with E-state index in [4.69, 9.17) is 0 Å². The molecule has 0 saturated heterocycles. The van der Waals surface area contributed by atoms with Gasteiger partial charge in [-0.25, -0.2) is 0 Å². The lowest BCUT2D eigenvalue weighted by atomic mass is 10.1. The number of hydrogen-bond acceptors (Lipinski definition) is 5. The van der Waals surface area contributed by atoms with E-state index in [1.54, 1.807) is 36.7 Å². The van der Waals surface area contributed by atoms with Gasteiger partial charge in [0.05, 0.1) is 12.1 Å². The first-order chi connectivity index (χ1) is 16.9. The molecule has 0 unspecified atom stereocenters. The van der Waals surface area contributed by atoms with Crippen LogP contribution < -0.4 is 10.6 Å². The zero-order chi connectivity index (χ0) is 24.8. The van der Waals surface area contributed by atoms with Gasteiger partial charge < -0.3 is 15.2 Å². The van der Waals surface area contributed by atoms with Crippen molar-refractivity contribution in [1.29, 1.82) is 0 Å². The number of carbonyl (C=O) groups excluding carboxylic acids is 1. The van der Waals surface area contributed by atoms with Crippen molar-refractivity contribution in [2.75, 3.05) is 5.32 Å². The zero-order valence-electron chi connectivity index (χ0n) is 18.9. The van der Waals surface area contributed by atoms with Crippen LogP contribution in [0.5, 0.6) is 0 Å². The van der Waals surface area contributed by atoms with Gasteiger partial charge in [-0.05, 0) is 48.9 Å². The van der Waals surface area contributed by atoms with Gasteiger partial charge >= 0.3 is 6.18 Å². The van der Waals surface area contributed by atoms with Gasteiger partial charge in [-0.2, -0.15) is 13.2 Å². The molecule has 2 heterocycles. The van der Waals surface area contributed by atoms with E-state index in [2.05, 4.69) is 25.8 Å². The number of hydrogen-bond donors (Lipinski definition) is 2. The van der Waals surface area contributed by atoms with Gasteiger partial charge in [-0.1, -0.05) is 24.3 Å². The van der Waals surface area contributed by atoms with Gasteiger partial charge in [0.15, 0.2) is 11.6 Å². The molecule has 4 rings (SSSR count). The van der Waals surface area contributed by atoms with Gasteiger partial charge in [-0.3, -0.25) is 9.78 Å². The number of rotatable bonds is 8. The van der Waals surface area contributed by atoms with Crippen LogP contribution in [0.4, 0.5) is 18.9 Å². The number of amides is 1. The lowest BCUT2D eigenvalue weighted by Gasteiger charge is -2.14. The summed E-state index contributed by atoms with van der Waals surface area (Å²) >= 11 is 0. The molecule has 0 aliphatic heterocycles. The standard InChI is InChI=1S/C25H23F3N6O/c1-2-34-22(32-33-23(34)17-10-12-29-13-11-17)16-30-20-8-5-7-18(14-20)24(35)31-15-19-6-3-4-9-21(19)25(26,27)28/h3-14,30H,2,15-16H2,1H3,(H,31,35). The average molecular weight is 480 g/mol. The maximum atomic E-state index is 13.2. The largest absolute Gasteiger partial charge is 0.416 e. The Morgan fingerprint density at radius 3 is 2.49 bits per heavy atom. The quantitative estimate of drug-likeness (QED) is 0.374. The molecule has 0 atom stereocenters. The molecule has 0 saturated carbocycles. The van der Waals surface area contributed by atoms with Crippen molar-refractivity contribution in [3.63, 3.8) is 0 Å². The second-order valence-electron chi connectivity index (χ2n) is 7.69. The Labute approximate surface area is 200 Å². The molecule has 4 aromatic rings. The monoisotopic (exact) mass is 480 g/mol. The molecule has 0 aliphatic carbocycles. The van der Waals surface area contributed by atoms with Crippen molar-refractivity contribution < 1.29 is 18.0 Å². The average Bonchev–Trinajstić information content (AvgIpc) is 3.29. The van der Waals surface area contributed by atoms with Crippen LogP contribution in [0.1, 0.15) is 34.2 Å². The number of benzene rings is 2. The smallest absolute Gasteiger partial charge is 0.378 e. The van der Waals surface area contributed by atoms with Gasteiger partial charge in [0, 0.05) is 42.3 Å². The van der Waals surface area contributed by atoms with E-state index in [9.17, 15) is 18.0 Å². The number of halogens is 3. The Morgan fingerprint density at radius 1 is 0.971 bits per heavy atom. The van der Waals surface area contributed by atoms with Crippen molar-refractivity contribution in [2.45, 2.75) is 32.7 Å². The molecule has 7 nitrogen and oxygen atoms in total. The van der Waals surface area contributed by atoms with Crippen LogP contribution in [0, 0.1) is 0 Å². The third-order valence-corrected chi connectivity index (χ3v) is 5.42. The summed E-state index contributed by atoms with van der Waals surface area (Å²) in [5, 5.41) is 14.4. The predicted molar refractivity (Wildman–Crippen MR) is 125 cm³/mol. The first-order valence-corrected chi connectivity index (χ1v) is 11.0. The number of nitrogens with zero attached hydrogens (tertiary/aromatic N) is 4. The van der Waals surface area contributed by atoms with Crippen LogP contribution in [-0.4, -0.2) is 25.7 Å². The molecule has 0 bridgehead atoms. The fourth-order valence-corrected chi connectivity index (χ4v) is 3.69. The molecule has 180 valence electrons. The minimum Gasteiger partial charge on any atom is -0.378 e. The molecule has 0 fully saturated rings. The van der Waals surface area contributed by atoms with E-state index < -0.39 is 17.6 Å². The molecular formula is C25H23F3N6O. The minimum absolute atomic E-state index is 0.00605. The minimum atomic E-state index is -4.48. The van der Waals surface area contributed by atoms with Crippen LogP contribution >= 0.6 is 0 Å². The van der Waals surface area contributed by atoms with Crippen LogP contribution in [0.2, 0.25) is 0 Å². The predicted octanol–water partition coefficient (Wildman–Crippen LogP) is 4.92. The fraction of sp³-hybridized carbons (Fsp3) is 0.200. The summed E-state index contributed by atoms with van der Waals surface area (Å²) in [5.74, 6) is 0.985. The first kappa shape index (κ1) is 23.9. The van der Waals surface area contributed by atoms with Crippen LogP contribution in [-0.2, 0) is 25.8 Å². The van der Waals surface area contributed by atoms with E-state index in [0.717, 1.165) is 23.3 Å². The van der Waals surface area contributed by atoms with Gasteiger partial charge in [0.1, 0.15) is 0 Å². The van der Waals surface area contributed by atoms with Crippen molar-refractivity contribution in [3.05, 3.63) is 95.6 Å². The molecule has 10 heteroatoms. The van der Waals surface area contributed by atoms with E-state index in [0.29, 0.717) is 24.3 Å². The SMILES string of the molecule is CCn1c(CNc2cccc(C(=O)NCc3ccccc3C(F)(F)F)c2)nnc1-c1ccncc1. The molecule has 35 heavy (non-hydrogen) atoms. The Bertz CT molecular complexity index is 1300. The maximum Gasteiger partial charge on any atom is 0.416 e. The Morgan fingerprint density at radius 2 is 1.74 bits per heavy atom. The van der Waals surface area contributed by atoms with Crippen LogP contribution in [0.15, 0.2) is 73.1 Å². The van der Waals surface area contributed by atoms with Crippen LogP contribution in [0.3, 0.4) is 0 Å². The highest BCUT2D eigenvalue weighted by atomic mass is 19.4. The lowest BCUT2D eigenvalue weighted by molar-refractivity contribution is -0.138. The fourth-order valence-electron chi connectivity index (χ4n) is 3.69. The summed E-state index contributed by atoms with van der Waals surface area (Å²) in [7, 11) is 0. The third-order valence-electron chi connectivity index (χ3n) is 5.42. The molecule has 2 aromatic heterocycles. The third kappa shape index (κ3) is 5.65. The number of carbonyl (C=O) groups is 1. The van der Waals surface area contributed by atoms with E-state index in [-0.39, 0.29) is 12.1 Å². The molecule has 1 amide bonds. The molecular weight excluding hydrogens is 457 g/mol. The Balaban J connectivity index is 1.42. The molecule has 2 aromatic carbocycles. The number of nitrogens with one attached hydrogen (secondary N) is 2. The number of aromatic nitrogens is 4. The highest BCUT2D eigenvalue weighted by molar-refractivity contribution is 5.95. The van der Waals surface area contributed by atoms with Gasteiger partial charge in [0.25, 0.3) is 5.91 Å². The van der Waals surface area contributed by atoms with E-state index >= 15 is 0 Å². The molecule has 0 aliphatic rings. The number of anilines is 1. The summed E-state index contributed by atoms with van der Waals surface area (Å²) in [5.41, 5.74) is 1.15. The second-order valence-corrected chi connectivity index (χ2v) is 7.69. The van der Waals surface area contributed by atoms with E-state index in [1.807, 2.05) is 23.6 Å². The summed E-state index contributed by atoms with van der Waals surface area (Å²) in [6.07, 6.45) is -1.10. The van der Waals surface area contributed by atoms with Gasteiger partial charge in [0.2, 0.25) is 0 Å². The Kier molecular flexibility index (Phi) is 7.09. The number of alkyl halides is 3. The number of pyridine rings is 1. The van der Waals surface area contributed by atoms with E-state index in [1.165, 1.54) is 18.2 Å². The lowest BCUT2D eigenvalue weighted by Crippen LogP contribution is -2.24. The molecule has 0 spiro atoms. The Hall–Kier alpha value is -4.21. The summed E-state index contributed by atoms with van der Waals surface area (Å²) < 4.78 is 41.6. The first-order valence-electron chi connectivity index (χ1n) is 11.0. The van der Waals surface area contributed by atoms with Crippen molar-refractivity contribution >= 4 is 11.6 Å². The van der Waals surface area contributed by atoms with Crippen molar-refractivity contribution in [1.82, 2.24) is 25.1 Å². The molecule has 2 N–H and O–H groups in total. The summed E-state index contributed by atoms with van der Waals surface area (Å²) in [6.45, 7) is 2.81. The maximum absolute atomic E-state index is 13.2. The highest BCUT2D eigenvalue weighted by Crippen LogP contribution is 2.31. The molecule has 0 radical (unpaired) electrons. The highest BCUT2D eigenvalue weighted by Gasteiger charge is 2.32. The van der Waals surface area contributed by atoms with Crippen LogP contribution in [0.25, 0.3) is 11.4 Å². The normalized spacial score (nSPS) is 11.3. The topological polar surface area (TPSA) is 84.7 Å². The zero-order valence-corrected chi connectivity index (χ0v) is 18.9.